The average Bonchev–Trinajstić information content (AvgIpc) is 2.34. The fourth-order valence-corrected chi connectivity index (χ4v) is 1.27. The van der Waals surface area contributed by atoms with Crippen LogP contribution in [0.4, 0.5) is 0 Å². The molecule has 1 saturated heterocycles. The van der Waals surface area contributed by atoms with Crippen molar-refractivity contribution >= 4 is 5.91 Å². The molecule has 1 amide bonds. The van der Waals surface area contributed by atoms with E-state index in [0.717, 1.165) is 26.1 Å². The lowest BCUT2D eigenvalue weighted by Crippen LogP contribution is -2.27. The summed E-state index contributed by atoms with van der Waals surface area (Å²) in [5.74, 6) is -0.0994. The molecule has 1 atom stereocenters. The van der Waals surface area contributed by atoms with Crippen LogP contribution >= 0.6 is 0 Å². The number of hydrogen-bond donors (Lipinski definition) is 1. The van der Waals surface area contributed by atoms with Gasteiger partial charge in [0.15, 0.2) is 0 Å². The first-order valence-electron chi connectivity index (χ1n) is 3.55. The predicted molar refractivity (Wildman–Crippen MR) is 39.1 cm³/mol. The van der Waals surface area contributed by atoms with Gasteiger partial charge in [-0.05, 0) is 26.4 Å². The second kappa shape index (κ2) is 3.01. The number of rotatable bonds is 2. The van der Waals surface area contributed by atoms with Gasteiger partial charge in [0.25, 0.3) is 0 Å². The van der Waals surface area contributed by atoms with Crippen molar-refractivity contribution in [3.05, 3.63) is 6.92 Å². The molecule has 1 rings (SSSR count). The van der Waals surface area contributed by atoms with Crippen LogP contribution in [0.15, 0.2) is 0 Å². The largest absolute Gasteiger partial charge is 0.369 e. The summed E-state index contributed by atoms with van der Waals surface area (Å²) < 4.78 is 0. The van der Waals surface area contributed by atoms with E-state index in [1.54, 1.807) is 0 Å². The van der Waals surface area contributed by atoms with Crippen molar-refractivity contribution < 1.29 is 4.79 Å². The summed E-state index contributed by atoms with van der Waals surface area (Å²) in [4.78, 5) is 12.8. The first kappa shape index (κ1) is 7.54. The topological polar surface area (TPSA) is 46.3 Å². The minimum atomic E-state index is -0.170. The normalized spacial score (nSPS) is 27.1. The van der Waals surface area contributed by atoms with Gasteiger partial charge in [-0.1, -0.05) is 0 Å². The third kappa shape index (κ3) is 1.48. The van der Waals surface area contributed by atoms with Gasteiger partial charge in [0, 0.05) is 6.54 Å². The lowest BCUT2D eigenvalue weighted by Gasteiger charge is -2.10. The number of nitrogens with zero attached hydrogens (tertiary/aromatic N) is 1. The molecular weight excluding hydrogens is 128 g/mol. The highest BCUT2D eigenvalue weighted by molar-refractivity contribution is 5.77. The SMILES string of the molecule is [CH2]CN1CCC(C(N)=O)C1. The van der Waals surface area contributed by atoms with Crippen LogP contribution < -0.4 is 5.73 Å². The molecule has 0 bridgehead atoms. The molecule has 1 aliphatic heterocycles. The molecule has 1 heterocycles. The van der Waals surface area contributed by atoms with E-state index >= 15 is 0 Å². The van der Waals surface area contributed by atoms with E-state index in [0.29, 0.717) is 0 Å². The third-order valence-electron chi connectivity index (χ3n) is 1.99. The molecule has 10 heavy (non-hydrogen) atoms. The Balaban J connectivity index is 2.35. The smallest absolute Gasteiger partial charge is 0.221 e. The Labute approximate surface area is 61.2 Å². The van der Waals surface area contributed by atoms with Gasteiger partial charge in [-0.3, -0.25) is 4.79 Å². The standard InChI is InChI=1S/C7H13N2O/c1-2-9-4-3-6(5-9)7(8)10/h6H,1-5H2,(H2,8,10). The molecule has 1 radical (unpaired) electrons. The molecule has 1 aliphatic rings. The number of primary amides is 1. The van der Waals surface area contributed by atoms with Crippen molar-refractivity contribution in [2.45, 2.75) is 6.42 Å². The summed E-state index contributed by atoms with van der Waals surface area (Å²) in [6, 6.07) is 0. The minimum Gasteiger partial charge on any atom is -0.369 e. The van der Waals surface area contributed by atoms with E-state index in [1.807, 2.05) is 0 Å². The molecule has 1 unspecified atom stereocenters. The molecule has 2 N–H and O–H groups in total. The van der Waals surface area contributed by atoms with Crippen LogP contribution in [-0.2, 0) is 4.79 Å². The summed E-state index contributed by atoms with van der Waals surface area (Å²) in [5, 5.41) is 0. The van der Waals surface area contributed by atoms with Gasteiger partial charge < -0.3 is 10.6 Å². The molecule has 0 aromatic carbocycles. The van der Waals surface area contributed by atoms with Crippen LogP contribution in [0.1, 0.15) is 6.42 Å². The second-order valence-corrected chi connectivity index (χ2v) is 2.69. The van der Waals surface area contributed by atoms with Crippen LogP contribution in [0, 0.1) is 12.8 Å². The van der Waals surface area contributed by atoms with Crippen LogP contribution in [0.2, 0.25) is 0 Å². The fourth-order valence-electron chi connectivity index (χ4n) is 1.27. The molecule has 3 heteroatoms. The van der Waals surface area contributed by atoms with Crippen molar-refractivity contribution in [3.63, 3.8) is 0 Å². The molecule has 57 valence electrons. The van der Waals surface area contributed by atoms with Gasteiger partial charge in [-0.15, -0.1) is 0 Å². The highest BCUT2D eigenvalue weighted by Crippen LogP contribution is 2.14. The van der Waals surface area contributed by atoms with Gasteiger partial charge in [0.1, 0.15) is 0 Å². The first-order chi connectivity index (χ1) is 4.74. The minimum absolute atomic E-state index is 0.0711. The van der Waals surface area contributed by atoms with Gasteiger partial charge in [0.05, 0.1) is 5.92 Å². The Morgan fingerprint density at radius 2 is 2.50 bits per heavy atom. The summed E-state index contributed by atoms with van der Waals surface area (Å²) in [7, 11) is 0. The number of nitrogens with two attached hydrogens (primary N) is 1. The maximum atomic E-state index is 10.6. The molecule has 0 aromatic heterocycles. The number of carbonyl (C=O) groups is 1. The highest BCUT2D eigenvalue weighted by atomic mass is 16.1. The predicted octanol–water partition coefficient (Wildman–Crippen LogP) is -0.372. The van der Waals surface area contributed by atoms with Crippen LogP contribution in [-0.4, -0.2) is 30.4 Å². The maximum absolute atomic E-state index is 10.6. The third-order valence-corrected chi connectivity index (χ3v) is 1.99. The molecule has 0 saturated carbocycles. The van der Waals surface area contributed by atoms with E-state index in [2.05, 4.69) is 11.8 Å². The monoisotopic (exact) mass is 141 g/mol. The van der Waals surface area contributed by atoms with Crippen molar-refractivity contribution in [3.8, 4) is 0 Å². The zero-order chi connectivity index (χ0) is 7.56. The maximum Gasteiger partial charge on any atom is 0.221 e. The Morgan fingerprint density at radius 3 is 2.80 bits per heavy atom. The summed E-state index contributed by atoms with van der Waals surface area (Å²) in [6.45, 7) is 6.29. The lowest BCUT2D eigenvalue weighted by atomic mass is 10.1. The molecule has 3 nitrogen and oxygen atoms in total. The zero-order valence-electron chi connectivity index (χ0n) is 6.05. The molecule has 0 aromatic rings. The summed E-state index contributed by atoms with van der Waals surface area (Å²) in [6.07, 6.45) is 0.908. The van der Waals surface area contributed by atoms with Gasteiger partial charge in [-0.2, -0.15) is 0 Å². The summed E-state index contributed by atoms with van der Waals surface area (Å²) >= 11 is 0. The van der Waals surface area contributed by atoms with Crippen molar-refractivity contribution in [2.75, 3.05) is 19.6 Å². The van der Waals surface area contributed by atoms with E-state index in [9.17, 15) is 4.79 Å². The van der Waals surface area contributed by atoms with Crippen molar-refractivity contribution in [2.24, 2.45) is 11.7 Å². The Hall–Kier alpha value is -0.570. The Morgan fingerprint density at radius 1 is 1.80 bits per heavy atom. The number of carbonyl (C=O) groups excluding carboxylic acids is 1. The zero-order valence-corrected chi connectivity index (χ0v) is 6.05. The van der Waals surface area contributed by atoms with Gasteiger partial charge >= 0.3 is 0 Å². The molecule has 0 aliphatic carbocycles. The van der Waals surface area contributed by atoms with Gasteiger partial charge in [-0.25, -0.2) is 0 Å². The number of amides is 1. The first-order valence-corrected chi connectivity index (χ1v) is 3.55. The number of likely N-dealkylation sites (tertiary alicyclic amines) is 1. The van der Waals surface area contributed by atoms with E-state index in [1.165, 1.54) is 0 Å². The van der Waals surface area contributed by atoms with Crippen molar-refractivity contribution in [1.29, 1.82) is 0 Å². The second-order valence-electron chi connectivity index (χ2n) is 2.69. The quantitative estimate of drug-likeness (QED) is 0.570. The average molecular weight is 141 g/mol. The van der Waals surface area contributed by atoms with Crippen LogP contribution in [0.5, 0.6) is 0 Å². The van der Waals surface area contributed by atoms with E-state index in [4.69, 9.17) is 5.73 Å². The number of hydrogen-bond acceptors (Lipinski definition) is 2. The Bertz CT molecular complexity index is 136. The molecule has 0 spiro atoms. The Kier molecular flexibility index (Phi) is 2.27. The van der Waals surface area contributed by atoms with Crippen LogP contribution in [0.25, 0.3) is 0 Å². The van der Waals surface area contributed by atoms with Gasteiger partial charge in [0.2, 0.25) is 5.91 Å². The van der Waals surface area contributed by atoms with E-state index < -0.39 is 0 Å². The molecule has 1 fully saturated rings. The lowest BCUT2D eigenvalue weighted by molar-refractivity contribution is -0.121. The fraction of sp³-hybridized carbons (Fsp3) is 0.714. The van der Waals surface area contributed by atoms with Crippen LogP contribution in [0.3, 0.4) is 0 Å². The molecular formula is C7H13N2O. The summed E-state index contributed by atoms with van der Waals surface area (Å²) in [5.41, 5.74) is 5.13. The van der Waals surface area contributed by atoms with Crippen molar-refractivity contribution in [1.82, 2.24) is 4.90 Å². The highest BCUT2D eigenvalue weighted by Gasteiger charge is 2.24. The van der Waals surface area contributed by atoms with E-state index in [-0.39, 0.29) is 11.8 Å².